The number of aryl methyl sites for hydroxylation is 3. The molecule has 0 saturated heterocycles. The van der Waals surface area contributed by atoms with Gasteiger partial charge in [0.05, 0.1) is 12.6 Å². The molecule has 3 heterocycles. The zero-order valence-electron chi connectivity index (χ0n) is 17.0. The molecular weight excluding hydrogens is 414 g/mol. The molecule has 7 nitrogen and oxygen atoms in total. The van der Waals surface area contributed by atoms with E-state index in [2.05, 4.69) is 20.4 Å². The normalized spacial score (nSPS) is 12.0. The molecule has 0 aliphatic heterocycles. The Balaban J connectivity index is 1.68. The zero-order chi connectivity index (χ0) is 22.3. The zero-order valence-corrected chi connectivity index (χ0v) is 17.0. The monoisotopic (exact) mass is 433 g/mol. The molecule has 0 spiro atoms. The number of alkyl halides is 3. The molecule has 162 valence electrons. The fourth-order valence-corrected chi connectivity index (χ4v) is 3.43. The van der Waals surface area contributed by atoms with E-state index in [0.29, 0.717) is 6.07 Å². The number of benzene rings is 1. The van der Waals surface area contributed by atoms with Gasteiger partial charge in [0, 0.05) is 37.4 Å². The first-order valence-corrected chi connectivity index (χ1v) is 9.37. The quantitative estimate of drug-likeness (QED) is 0.449. The molecule has 0 radical (unpaired) electrons. The van der Waals surface area contributed by atoms with Gasteiger partial charge in [0.2, 0.25) is 0 Å². The van der Waals surface area contributed by atoms with Gasteiger partial charge in [0.15, 0.2) is 0 Å². The van der Waals surface area contributed by atoms with Gasteiger partial charge in [-0.2, -0.15) is 18.0 Å². The number of halogens is 4. The standard InChI is InChI=1S/C20H19F4N7/c1-12-4-15-5-14(9-25-18(15)29(12)2)11-31(19-26-28-30(3)27-19)10-13-6-16(20(22,23)24)8-17(21)7-13/h4-9H,10-11H2,1-3H3. The highest BCUT2D eigenvalue weighted by molar-refractivity contribution is 5.78. The number of rotatable bonds is 5. The Hall–Kier alpha value is -3.50. The summed E-state index contributed by atoms with van der Waals surface area (Å²) in [7, 11) is 3.50. The third-order valence-electron chi connectivity index (χ3n) is 4.98. The van der Waals surface area contributed by atoms with Crippen LogP contribution in [0, 0.1) is 12.7 Å². The largest absolute Gasteiger partial charge is 0.416 e. The maximum atomic E-state index is 13.9. The molecule has 0 atom stereocenters. The maximum Gasteiger partial charge on any atom is 0.416 e. The highest BCUT2D eigenvalue weighted by atomic mass is 19.4. The number of hydrogen-bond acceptors (Lipinski definition) is 5. The third kappa shape index (κ3) is 4.35. The van der Waals surface area contributed by atoms with Gasteiger partial charge in [-0.05, 0) is 53.6 Å². The van der Waals surface area contributed by atoms with Crippen molar-refractivity contribution in [1.29, 1.82) is 0 Å². The van der Waals surface area contributed by atoms with Gasteiger partial charge in [-0.3, -0.25) is 0 Å². The van der Waals surface area contributed by atoms with Crippen molar-refractivity contribution in [3.05, 3.63) is 64.7 Å². The second kappa shape index (κ2) is 7.64. The topological polar surface area (TPSA) is 64.7 Å². The third-order valence-corrected chi connectivity index (χ3v) is 4.98. The Morgan fingerprint density at radius 3 is 2.42 bits per heavy atom. The first-order chi connectivity index (χ1) is 14.6. The summed E-state index contributed by atoms with van der Waals surface area (Å²) in [6, 6.07) is 6.42. The Labute approximate surface area is 174 Å². The number of tetrazole rings is 1. The molecule has 0 aliphatic carbocycles. The molecule has 31 heavy (non-hydrogen) atoms. The Morgan fingerprint density at radius 1 is 1.00 bits per heavy atom. The van der Waals surface area contributed by atoms with Crippen LogP contribution in [-0.4, -0.2) is 29.8 Å². The number of pyridine rings is 1. The van der Waals surface area contributed by atoms with Crippen LogP contribution in [0.4, 0.5) is 23.5 Å². The van der Waals surface area contributed by atoms with E-state index in [9.17, 15) is 17.6 Å². The summed E-state index contributed by atoms with van der Waals surface area (Å²) in [4.78, 5) is 7.36. The molecule has 3 aromatic heterocycles. The molecule has 1 aromatic carbocycles. The van der Waals surface area contributed by atoms with Gasteiger partial charge in [-0.1, -0.05) is 5.10 Å². The minimum absolute atomic E-state index is 0.0433. The van der Waals surface area contributed by atoms with E-state index >= 15 is 0 Å². The van der Waals surface area contributed by atoms with Crippen LogP contribution in [0.15, 0.2) is 36.5 Å². The first-order valence-electron chi connectivity index (χ1n) is 9.37. The maximum absolute atomic E-state index is 13.9. The summed E-state index contributed by atoms with van der Waals surface area (Å²) in [6.07, 6.45) is -2.95. The van der Waals surface area contributed by atoms with Crippen molar-refractivity contribution in [2.75, 3.05) is 4.90 Å². The molecule has 4 rings (SSSR count). The van der Waals surface area contributed by atoms with Crippen LogP contribution in [-0.2, 0) is 33.4 Å². The van der Waals surface area contributed by atoms with Gasteiger partial charge in [-0.15, -0.1) is 5.10 Å². The van der Waals surface area contributed by atoms with Crippen LogP contribution in [0.5, 0.6) is 0 Å². The lowest BCUT2D eigenvalue weighted by Gasteiger charge is -2.21. The van der Waals surface area contributed by atoms with Crippen LogP contribution in [0.2, 0.25) is 0 Å². The second-order valence-corrected chi connectivity index (χ2v) is 7.38. The van der Waals surface area contributed by atoms with Crippen molar-refractivity contribution in [1.82, 2.24) is 29.8 Å². The lowest BCUT2D eigenvalue weighted by atomic mass is 10.1. The molecule has 0 amide bonds. The number of nitrogens with zero attached hydrogens (tertiary/aromatic N) is 7. The summed E-state index contributed by atoms with van der Waals surface area (Å²) in [6.45, 7) is 2.18. The molecule has 4 aromatic rings. The summed E-state index contributed by atoms with van der Waals surface area (Å²) in [5, 5.41) is 12.9. The first kappa shape index (κ1) is 20.8. The lowest BCUT2D eigenvalue weighted by Crippen LogP contribution is -2.24. The number of fused-ring (bicyclic) bond motifs is 1. The van der Waals surface area contributed by atoms with Crippen molar-refractivity contribution >= 4 is 17.0 Å². The molecule has 0 N–H and O–H groups in total. The van der Waals surface area contributed by atoms with Crippen molar-refractivity contribution < 1.29 is 17.6 Å². The second-order valence-electron chi connectivity index (χ2n) is 7.38. The van der Waals surface area contributed by atoms with Gasteiger partial charge in [-0.25, -0.2) is 9.37 Å². The summed E-state index contributed by atoms with van der Waals surface area (Å²) in [5.74, 6) is -0.746. The van der Waals surface area contributed by atoms with E-state index in [1.807, 2.05) is 30.7 Å². The van der Waals surface area contributed by atoms with E-state index in [-0.39, 0.29) is 24.6 Å². The summed E-state index contributed by atoms with van der Waals surface area (Å²) < 4.78 is 55.2. The molecule has 11 heteroatoms. The van der Waals surface area contributed by atoms with Crippen molar-refractivity contribution in [3.8, 4) is 0 Å². The molecule has 0 bridgehead atoms. The van der Waals surface area contributed by atoms with Crippen molar-refractivity contribution in [2.24, 2.45) is 14.1 Å². The van der Waals surface area contributed by atoms with E-state index in [1.165, 1.54) is 4.80 Å². The Kier molecular flexibility index (Phi) is 5.11. The minimum Gasteiger partial charge on any atom is -0.333 e. The average molecular weight is 433 g/mol. The van der Waals surface area contributed by atoms with Crippen LogP contribution in [0.1, 0.15) is 22.4 Å². The van der Waals surface area contributed by atoms with Gasteiger partial charge >= 0.3 is 6.18 Å². The van der Waals surface area contributed by atoms with Gasteiger partial charge < -0.3 is 9.47 Å². The molecule has 0 saturated carbocycles. The lowest BCUT2D eigenvalue weighted by molar-refractivity contribution is -0.137. The highest BCUT2D eigenvalue weighted by Gasteiger charge is 2.31. The van der Waals surface area contributed by atoms with Crippen molar-refractivity contribution in [2.45, 2.75) is 26.2 Å². The molecule has 0 aliphatic rings. The van der Waals surface area contributed by atoms with Crippen LogP contribution >= 0.6 is 0 Å². The minimum atomic E-state index is -4.65. The van der Waals surface area contributed by atoms with Crippen molar-refractivity contribution in [3.63, 3.8) is 0 Å². The number of anilines is 1. The van der Waals surface area contributed by atoms with Crippen LogP contribution in [0.25, 0.3) is 11.0 Å². The van der Waals surface area contributed by atoms with Gasteiger partial charge in [0.1, 0.15) is 11.5 Å². The van der Waals surface area contributed by atoms with Crippen LogP contribution < -0.4 is 4.90 Å². The molecular formula is C20H19F4N7. The average Bonchev–Trinajstić information content (AvgIpc) is 3.23. The number of hydrogen-bond donors (Lipinski definition) is 0. The van der Waals surface area contributed by atoms with E-state index in [1.54, 1.807) is 18.1 Å². The SMILES string of the molecule is Cc1cc2cc(CN(Cc3cc(F)cc(C(F)(F)F)c3)c3nnn(C)n3)cnc2n1C. The summed E-state index contributed by atoms with van der Waals surface area (Å²) >= 11 is 0. The fourth-order valence-electron chi connectivity index (χ4n) is 3.43. The Morgan fingerprint density at radius 2 is 1.74 bits per heavy atom. The Bertz CT molecular complexity index is 1240. The fraction of sp³-hybridized carbons (Fsp3) is 0.300. The van der Waals surface area contributed by atoms with E-state index in [0.717, 1.165) is 34.4 Å². The van der Waals surface area contributed by atoms with Crippen LogP contribution in [0.3, 0.4) is 0 Å². The smallest absolute Gasteiger partial charge is 0.333 e. The van der Waals surface area contributed by atoms with E-state index < -0.39 is 17.6 Å². The number of aromatic nitrogens is 6. The molecule has 0 fully saturated rings. The highest BCUT2D eigenvalue weighted by Crippen LogP contribution is 2.31. The molecule has 0 unspecified atom stereocenters. The van der Waals surface area contributed by atoms with Gasteiger partial charge in [0.25, 0.3) is 5.95 Å². The predicted molar refractivity (Wildman–Crippen MR) is 106 cm³/mol. The predicted octanol–water partition coefficient (Wildman–Crippen LogP) is 3.77. The summed E-state index contributed by atoms with van der Waals surface area (Å²) in [5.41, 5.74) is 1.77. The van der Waals surface area contributed by atoms with E-state index in [4.69, 9.17) is 0 Å².